The molecule has 2 rings (SSSR count). The summed E-state index contributed by atoms with van der Waals surface area (Å²) < 4.78 is 11.4. The average molecular weight is 306 g/mol. The number of methoxy groups -OCH3 is 1. The topological polar surface area (TPSA) is 65.7 Å². The van der Waals surface area contributed by atoms with Crippen molar-refractivity contribution in [1.29, 1.82) is 0 Å². The van der Waals surface area contributed by atoms with E-state index in [9.17, 15) is 10.0 Å². The van der Waals surface area contributed by atoms with E-state index in [-0.39, 0.29) is 6.09 Å². The zero-order valence-electron chi connectivity index (χ0n) is 13.5. The van der Waals surface area contributed by atoms with E-state index in [0.717, 1.165) is 10.3 Å². The molecule has 0 unspecified atom stereocenters. The standard InChI is InChI=1S/C16H22N2O4/c1-16(2,3)22-15(19)17-10-7-12(8-11-17)14-13(21-4)6-5-9-18(14)20/h5-7,9H,8,10-11H2,1-4H3. The van der Waals surface area contributed by atoms with E-state index in [0.29, 0.717) is 31.0 Å². The maximum Gasteiger partial charge on any atom is 0.410 e. The number of ether oxygens (including phenoxy) is 2. The first-order chi connectivity index (χ1) is 10.3. The van der Waals surface area contributed by atoms with Gasteiger partial charge in [-0.15, -0.1) is 0 Å². The number of carbonyl (C=O) groups is 1. The summed E-state index contributed by atoms with van der Waals surface area (Å²) in [4.78, 5) is 13.7. The summed E-state index contributed by atoms with van der Waals surface area (Å²) in [5, 5.41) is 12.0. The normalized spacial score (nSPS) is 15.3. The molecule has 1 amide bonds. The van der Waals surface area contributed by atoms with Crippen molar-refractivity contribution >= 4 is 11.7 Å². The fourth-order valence-electron chi connectivity index (χ4n) is 2.31. The van der Waals surface area contributed by atoms with Gasteiger partial charge in [-0.3, -0.25) is 0 Å². The van der Waals surface area contributed by atoms with Crippen LogP contribution in [-0.2, 0) is 4.74 Å². The lowest BCUT2D eigenvalue weighted by molar-refractivity contribution is -0.608. The highest BCUT2D eigenvalue weighted by Gasteiger charge is 2.27. The number of aromatic nitrogens is 1. The maximum atomic E-state index is 12.0. The number of carbonyl (C=O) groups excluding carboxylic acids is 1. The highest BCUT2D eigenvalue weighted by molar-refractivity contribution is 5.72. The quantitative estimate of drug-likeness (QED) is 0.621. The minimum absolute atomic E-state index is 0.335. The molecule has 0 saturated carbocycles. The molecule has 0 saturated heterocycles. The van der Waals surface area contributed by atoms with Gasteiger partial charge in [-0.25, -0.2) is 4.79 Å². The van der Waals surface area contributed by atoms with Crippen LogP contribution in [-0.4, -0.2) is 36.8 Å². The van der Waals surface area contributed by atoms with Crippen molar-refractivity contribution in [3.63, 3.8) is 0 Å². The van der Waals surface area contributed by atoms with Gasteiger partial charge in [-0.05, 0) is 33.3 Å². The first kappa shape index (κ1) is 16.1. The van der Waals surface area contributed by atoms with Crippen LogP contribution in [0.3, 0.4) is 0 Å². The van der Waals surface area contributed by atoms with Crippen LogP contribution in [0.5, 0.6) is 5.75 Å². The van der Waals surface area contributed by atoms with E-state index in [1.54, 1.807) is 17.0 Å². The number of pyridine rings is 1. The predicted octanol–water partition coefficient (Wildman–Crippen LogP) is 2.35. The molecule has 0 spiro atoms. The molecule has 0 atom stereocenters. The van der Waals surface area contributed by atoms with Gasteiger partial charge in [0.25, 0.3) is 5.69 Å². The van der Waals surface area contributed by atoms with Gasteiger partial charge >= 0.3 is 6.09 Å². The highest BCUT2D eigenvalue weighted by atomic mass is 16.6. The Morgan fingerprint density at radius 3 is 2.68 bits per heavy atom. The predicted molar refractivity (Wildman–Crippen MR) is 82.4 cm³/mol. The molecule has 0 bridgehead atoms. The molecule has 0 radical (unpaired) electrons. The third kappa shape index (κ3) is 3.69. The molecule has 1 aliphatic heterocycles. The van der Waals surface area contributed by atoms with Crippen LogP contribution in [0.25, 0.3) is 5.57 Å². The first-order valence-electron chi connectivity index (χ1n) is 7.25. The second-order valence-electron chi connectivity index (χ2n) is 6.16. The van der Waals surface area contributed by atoms with Gasteiger partial charge in [-0.1, -0.05) is 6.08 Å². The number of rotatable bonds is 2. The lowest BCUT2D eigenvalue weighted by atomic mass is 10.0. The van der Waals surface area contributed by atoms with E-state index in [2.05, 4.69) is 0 Å². The molecule has 0 aromatic carbocycles. The summed E-state index contributed by atoms with van der Waals surface area (Å²) in [5.41, 5.74) is 0.878. The van der Waals surface area contributed by atoms with Crippen molar-refractivity contribution in [1.82, 2.24) is 4.90 Å². The van der Waals surface area contributed by atoms with Crippen molar-refractivity contribution in [2.24, 2.45) is 0 Å². The molecule has 2 heterocycles. The number of nitrogens with zero attached hydrogens (tertiary/aromatic N) is 2. The summed E-state index contributed by atoms with van der Waals surface area (Å²) in [6, 6.07) is 3.40. The summed E-state index contributed by atoms with van der Waals surface area (Å²) in [6.45, 7) is 6.45. The Kier molecular flexibility index (Phi) is 4.59. The van der Waals surface area contributed by atoms with Gasteiger partial charge in [0.1, 0.15) is 5.60 Å². The first-order valence-corrected chi connectivity index (χ1v) is 7.25. The Morgan fingerprint density at radius 2 is 2.14 bits per heavy atom. The zero-order valence-corrected chi connectivity index (χ0v) is 13.5. The fourth-order valence-corrected chi connectivity index (χ4v) is 2.31. The third-order valence-electron chi connectivity index (χ3n) is 3.31. The van der Waals surface area contributed by atoms with E-state index in [4.69, 9.17) is 9.47 Å². The smallest absolute Gasteiger partial charge is 0.410 e. The van der Waals surface area contributed by atoms with Gasteiger partial charge in [0.15, 0.2) is 11.9 Å². The van der Waals surface area contributed by atoms with E-state index < -0.39 is 5.60 Å². The van der Waals surface area contributed by atoms with Gasteiger partial charge in [-0.2, -0.15) is 4.73 Å². The highest BCUT2D eigenvalue weighted by Crippen LogP contribution is 2.27. The number of hydrogen-bond donors (Lipinski definition) is 0. The van der Waals surface area contributed by atoms with Crippen molar-refractivity contribution in [3.8, 4) is 5.75 Å². The van der Waals surface area contributed by atoms with Gasteiger partial charge in [0.05, 0.1) is 7.11 Å². The van der Waals surface area contributed by atoms with Crippen molar-refractivity contribution in [2.75, 3.05) is 20.2 Å². The molecule has 6 nitrogen and oxygen atoms in total. The number of hydrogen-bond acceptors (Lipinski definition) is 4. The fraction of sp³-hybridized carbons (Fsp3) is 0.500. The Balaban J connectivity index is 2.14. The second-order valence-corrected chi connectivity index (χ2v) is 6.16. The largest absolute Gasteiger partial charge is 0.618 e. The van der Waals surface area contributed by atoms with Gasteiger partial charge < -0.3 is 19.6 Å². The van der Waals surface area contributed by atoms with E-state index >= 15 is 0 Å². The van der Waals surface area contributed by atoms with Crippen LogP contribution in [0.4, 0.5) is 4.79 Å². The van der Waals surface area contributed by atoms with Crippen LogP contribution in [0.15, 0.2) is 24.4 Å². The minimum atomic E-state index is -0.512. The molecule has 120 valence electrons. The lowest BCUT2D eigenvalue weighted by Crippen LogP contribution is -2.40. The summed E-state index contributed by atoms with van der Waals surface area (Å²) in [7, 11) is 1.54. The van der Waals surface area contributed by atoms with E-state index in [1.807, 2.05) is 26.8 Å². The van der Waals surface area contributed by atoms with Crippen LogP contribution >= 0.6 is 0 Å². The van der Waals surface area contributed by atoms with Crippen LogP contribution < -0.4 is 9.47 Å². The Bertz CT molecular complexity index is 590. The Labute approximate surface area is 130 Å². The number of amides is 1. The molecule has 0 fully saturated rings. The third-order valence-corrected chi connectivity index (χ3v) is 3.31. The summed E-state index contributed by atoms with van der Waals surface area (Å²) >= 11 is 0. The van der Waals surface area contributed by atoms with Crippen LogP contribution in [0.1, 0.15) is 32.9 Å². The molecule has 0 aliphatic carbocycles. The molecule has 22 heavy (non-hydrogen) atoms. The maximum absolute atomic E-state index is 12.0. The van der Waals surface area contributed by atoms with Crippen LogP contribution in [0, 0.1) is 5.21 Å². The van der Waals surface area contributed by atoms with Crippen molar-refractivity contribution in [2.45, 2.75) is 32.8 Å². The molecular weight excluding hydrogens is 284 g/mol. The van der Waals surface area contributed by atoms with Gasteiger partial charge in [0.2, 0.25) is 0 Å². The zero-order chi connectivity index (χ0) is 16.3. The van der Waals surface area contributed by atoms with Crippen LogP contribution in [0.2, 0.25) is 0 Å². The Morgan fingerprint density at radius 1 is 1.41 bits per heavy atom. The SMILES string of the molecule is COc1ccc[n+]([O-])c1C1=CCN(C(=O)OC(C)(C)C)CC1. The second kappa shape index (κ2) is 6.25. The molecule has 1 aliphatic rings. The van der Waals surface area contributed by atoms with Gasteiger partial charge in [0, 0.05) is 24.7 Å². The lowest BCUT2D eigenvalue weighted by Gasteiger charge is -2.29. The van der Waals surface area contributed by atoms with Crippen molar-refractivity contribution in [3.05, 3.63) is 35.3 Å². The molecule has 0 N–H and O–H groups in total. The summed E-state index contributed by atoms with van der Waals surface area (Å²) in [6.07, 6.45) is 3.57. The summed E-state index contributed by atoms with van der Waals surface area (Å²) in [5.74, 6) is 0.537. The molecule has 6 heteroatoms. The minimum Gasteiger partial charge on any atom is -0.618 e. The van der Waals surface area contributed by atoms with Crippen molar-refractivity contribution < 1.29 is 19.0 Å². The molecule has 1 aromatic rings. The van der Waals surface area contributed by atoms with E-state index in [1.165, 1.54) is 13.3 Å². The molecule has 1 aromatic heterocycles. The monoisotopic (exact) mass is 306 g/mol. The average Bonchev–Trinajstić information content (AvgIpc) is 2.45. The molecular formula is C16H22N2O4. The Hall–Kier alpha value is -2.24.